The number of rotatable bonds is 11. The average Bonchev–Trinajstić information content (AvgIpc) is 3.59. The highest BCUT2D eigenvalue weighted by Crippen LogP contribution is 2.46. The predicted molar refractivity (Wildman–Crippen MR) is 182 cm³/mol. The minimum Gasteiger partial charge on any atom is -0.480 e. The molecule has 4 aliphatic heterocycles. The Bertz CT molecular complexity index is 1910. The number of fused-ring (bicyclic) bond motifs is 5. The fourth-order valence-corrected chi connectivity index (χ4v) is 7.29. The summed E-state index contributed by atoms with van der Waals surface area (Å²) in [6.07, 6.45) is 4.78. The number of pyridine rings is 3. The van der Waals surface area contributed by atoms with E-state index in [0.717, 1.165) is 36.9 Å². The predicted octanol–water partition coefficient (Wildman–Crippen LogP) is 4.37. The van der Waals surface area contributed by atoms with E-state index in [1.54, 1.807) is 12.1 Å². The summed E-state index contributed by atoms with van der Waals surface area (Å²) in [5.74, 6) is 0.670. The lowest BCUT2D eigenvalue weighted by molar-refractivity contribution is -0.165. The largest absolute Gasteiger partial charge is 0.480 e. The quantitative estimate of drug-likeness (QED) is 0.205. The van der Waals surface area contributed by atoms with Crippen molar-refractivity contribution in [2.45, 2.75) is 75.0 Å². The second-order valence-electron chi connectivity index (χ2n) is 13.7. The van der Waals surface area contributed by atoms with Crippen molar-refractivity contribution in [3.8, 4) is 11.6 Å². The van der Waals surface area contributed by atoms with Crippen molar-refractivity contribution in [1.29, 1.82) is 0 Å². The lowest BCUT2D eigenvalue weighted by atomic mass is 9.69. The Morgan fingerprint density at radius 1 is 1.04 bits per heavy atom. The Labute approximate surface area is 293 Å². The van der Waals surface area contributed by atoms with E-state index < -0.39 is 24.1 Å². The van der Waals surface area contributed by atoms with Crippen molar-refractivity contribution in [2.75, 3.05) is 31.7 Å². The molecule has 14 heteroatoms. The van der Waals surface area contributed by atoms with Crippen LogP contribution in [0.25, 0.3) is 11.0 Å². The Morgan fingerprint density at radius 2 is 1.90 bits per heavy atom. The molecule has 2 unspecified atom stereocenters. The van der Waals surface area contributed by atoms with Gasteiger partial charge in [0.15, 0.2) is 18.2 Å². The van der Waals surface area contributed by atoms with Crippen LogP contribution in [0.4, 0.5) is 15.0 Å². The fourth-order valence-electron chi connectivity index (χ4n) is 7.29. The number of benzene rings is 1. The number of nitrogens with zero attached hydrogens (tertiary/aromatic N) is 3. The third-order valence-electron chi connectivity index (χ3n) is 10.3. The average molecular weight is 699 g/mol. The molecule has 3 aromatic heterocycles. The minimum atomic E-state index is -0.568. The van der Waals surface area contributed by atoms with Crippen molar-refractivity contribution in [1.82, 2.24) is 25.6 Å². The zero-order valence-corrected chi connectivity index (χ0v) is 28.0. The smallest absolute Gasteiger partial charge is 0.407 e. The molecule has 0 spiro atoms. The van der Waals surface area contributed by atoms with E-state index in [1.807, 2.05) is 42.5 Å². The minimum absolute atomic E-state index is 0.00391. The number of aryl methyl sites for hydroxylation is 1. The zero-order valence-electron chi connectivity index (χ0n) is 28.0. The molecule has 2 amide bonds. The van der Waals surface area contributed by atoms with Crippen molar-refractivity contribution >= 4 is 28.9 Å². The van der Waals surface area contributed by atoms with Crippen molar-refractivity contribution in [3.05, 3.63) is 83.4 Å². The molecule has 2 atom stereocenters. The molecule has 3 saturated heterocycles. The second-order valence-corrected chi connectivity index (χ2v) is 13.7. The molecule has 4 aromatic rings. The van der Waals surface area contributed by atoms with Gasteiger partial charge in [0, 0.05) is 23.7 Å². The topological polar surface area (TPSA) is 155 Å². The van der Waals surface area contributed by atoms with Gasteiger partial charge >= 0.3 is 6.09 Å². The molecule has 7 heterocycles. The third kappa shape index (κ3) is 7.30. The molecule has 4 fully saturated rings. The SMILES string of the molecule is O=C1COc2ccc(CNC34CCC(CCc5c(F)cnc6ccc(OC7COCC7NC(=O)OCc7ccccc7)nc56)(CC3)OC4)nc2N1. The summed E-state index contributed by atoms with van der Waals surface area (Å²) in [5, 5.41) is 9.26. The van der Waals surface area contributed by atoms with E-state index >= 15 is 4.39 Å². The maximum atomic E-state index is 15.4. The van der Waals surface area contributed by atoms with Gasteiger partial charge in [-0.3, -0.25) is 9.78 Å². The molecule has 266 valence electrons. The van der Waals surface area contributed by atoms with Crippen LogP contribution >= 0.6 is 0 Å². The molecule has 9 rings (SSSR count). The van der Waals surface area contributed by atoms with E-state index in [1.165, 1.54) is 6.20 Å². The van der Waals surface area contributed by atoms with Crippen molar-refractivity contribution < 1.29 is 37.7 Å². The van der Waals surface area contributed by atoms with Crippen LogP contribution in [0.2, 0.25) is 0 Å². The maximum absolute atomic E-state index is 15.4. The number of ether oxygens (including phenoxy) is 5. The lowest BCUT2D eigenvalue weighted by Crippen LogP contribution is -2.61. The van der Waals surface area contributed by atoms with Gasteiger partial charge in [0.05, 0.1) is 54.4 Å². The van der Waals surface area contributed by atoms with Crippen LogP contribution < -0.4 is 25.4 Å². The molecule has 13 nitrogen and oxygen atoms in total. The molecule has 0 radical (unpaired) electrons. The van der Waals surface area contributed by atoms with Gasteiger partial charge < -0.3 is 39.6 Å². The number of amides is 2. The molecule has 2 bridgehead atoms. The van der Waals surface area contributed by atoms with Gasteiger partial charge in [0.1, 0.15) is 18.5 Å². The normalized spacial score (nSPS) is 25.2. The first-order valence-electron chi connectivity index (χ1n) is 17.3. The fraction of sp³-hybridized carbons (Fsp3) is 0.432. The van der Waals surface area contributed by atoms with E-state index in [-0.39, 0.29) is 43.5 Å². The first-order valence-corrected chi connectivity index (χ1v) is 17.3. The number of nitrogens with one attached hydrogen (secondary N) is 3. The van der Waals surface area contributed by atoms with Crippen LogP contribution in [0.5, 0.6) is 11.6 Å². The standard InChI is InChI=1S/C37H39FN6O7/c38-26-17-39-27-7-9-32(51-30-20-47-19-28(30)42-35(46)49-18-23-4-2-1-3-5-23)44-33(27)25(26)10-11-37-14-12-36(13-15-37,22-50-37)40-16-24-6-8-29-34(41-24)43-31(45)21-48-29/h1-9,17,28,30,40H,10-16,18-22H2,(H,42,46)(H,41,43,45). The Morgan fingerprint density at radius 3 is 2.73 bits per heavy atom. The van der Waals surface area contributed by atoms with Crippen molar-refractivity contribution in [3.63, 3.8) is 0 Å². The lowest BCUT2D eigenvalue weighted by Gasteiger charge is -2.53. The monoisotopic (exact) mass is 698 g/mol. The molecule has 51 heavy (non-hydrogen) atoms. The second kappa shape index (κ2) is 14.0. The summed E-state index contributed by atoms with van der Waals surface area (Å²) in [6, 6.07) is 16.2. The van der Waals surface area contributed by atoms with Crippen LogP contribution in [-0.4, -0.2) is 76.7 Å². The number of alkyl carbamates (subject to hydrolysis) is 1. The molecule has 3 N–H and O–H groups in total. The number of hydrogen-bond acceptors (Lipinski definition) is 11. The van der Waals surface area contributed by atoms with E-state index in [2.05, 4.69) is 25.9 Å². The van der Waals surface area contributed by atoms with Gasteiger partial charge in [-0.25, -0.2) is 19.2 Å². The highest BCUT2D eigenvalue weighted by molar-refractivity contribution is 5.94. The van der Waals surface area contributed by atoms with Gasteiger partial charge in [0.25, 0.3) is 5.91 Å². The van der Waals surface area contributed by atoms with E-state index in [9.17, 15) is 9.59 Å². The first kappa shape index (κ1) is 33.2. The van der Waals surface area contributed by atoms with Crippen LogP contribution in [-0.2, 0) is 38.6 Å². The summed E-state index contributed by atoms with van der Waals surface area (Å²) in [7, 11) is 0. The molecule has 1 aromatic carbocycles. The highest BCUT2D eigenvalue weighted by Gasteiger charge is 2.49. The number of hydrogen-bond donors (Lipinski definition) is 3. The summed E-state index contributed by atoms with van der Waals surface area (Å²) in [6.45, 7) is 1.74. The Balaban J connectivity index is 0.877. The number of anilines is 1. The zero-order chi connectivity index (χ0) is 34.8. The number of halogens is 1. The van der Waals surface area contributed by atoms with Gasteiger partial charge in [-0.1, -0.05) is 30.3 Å². The summed E-state index contributed by atoms with van der Waals surface area (Å²) in [4.78, 5) is 37.7. The number of carbonyl (C=O) groups excluding carboxylic acids is 2. The van der Waals surface area contributed by atoms with Crippen LogP contribution in [0.15, 0.2) is 60.8 Å². The summed E-state index contributed by atoms with van der Waals surface area (Å²) >= 11 is 0. The Kier molecular flexibility index (Phi) is 9.13. The number of aromatic nitrogens is 3. The van der Waals surface area contributed by atoms with Crippen LogP contribution in [0, 0.1) is 5.82 Å². The molecular weight excluding hydrogens is 659 g/mol. The highest BCUT2D eigenvalue weighted by atomic mass is 19.1. The maximum Gasteiger partial charge on any atom is 0.407 e. The summed E-state index contributed by atoms with van der Waals surface area (Å²) in [5.41, 5.74) is 2.65. The number of carbonyl (C=O) groups is 2. The summed E-state index contributed by atoms with van der Waals surface area (Å²) < 4.78 is 44.5. The molecule has 5 aliphatic rings. The van der Waals surface area contributed by atoms with Crippen LogP contribution in [0.3, 0.4) is 0 Å². The van der Waals surface area contributed by atoms with E-state index in [4.69, 9.17) is 28.7 Å². The first-order chi connectivity index (χ1) is 24.8. The van der Waals surface area contributed by atoms with E-state index in [0.29, 0.717) is 60.0 Å². The Hall–Kier alpha value is -4.92. The van der Waals surface area contributed by atoms with Crippen LogP contribution in [0.1, 0.15) is 48.9 Å². The molecular formula is C37H39FN6O7. The van der Waals surface area contributed by atoms with Crippen molar-refractivity contribution in [2.24, 2.45) is 0 Å². The van der Waals surface area contributed by atoms with Gasteiger partial charge in [-0.05, 0) is 62.3 Å². The molecule has 1 aliphatic carbocycles. The third-order valence-corrected chi connectivity index (χ3v) is 10.3. The molecule has 1 saturated carbocycles. The van der Waals surface area contributed by atoms with Gasteiger partial charge in [-0.15, -0.1) is 0 Å². The van der Waals surface area contributed by atoms with Gasteiger partial charge in [-0.2, -0.15) is 0 Å². The van der Waals surface area contributed by atoms with Gasteiger partial charge in [0.2, 0.25) is 5.88 Å².